The molecule has 0 aliphatic rings. The molecule has 0 amide bonds. The first kappa shape index (κ1) is 17.9. The van der Waals surface area contributed by atoms with Crippen molar-refractivity contribution >= 4 is 33.3 Å². The highest BCUT2D eigenvalue weighted by atomic mass is 79.9. The molecule has 0 bridgehead atoms. The fourth-order valence-electron chi connectivity index (χ4n) is 2.02. The minimum Gasteiger partial charge on any atom is -0.497 e. The Kier molecular flexibility index (Phi) is 6.18. The predicted octanol–water partition coefficient (Wildman–Crippen LogP) is 6.16. The first-order valence-corrected chi connectivity index (χ1v) is 8.63. The molecule has 0 aliphatic heterocycles. The van der Waals surface area contributed by atoms with Gasteiger partial charge in [0.2, 0.25) is 0 Å². The molecule has 122 valence electrons. The van der Waals surface area contributed by atoms with Gasteiger partial charge in [0.1, 0.15) is 5.75 Å². The lowest BCUT2D eigenvalue weighted by atomic mass is 10.1. The van der Waals surface area contributed by atoms with E-state index in [1.165, 1.54) is 31.4 Å². The Balaban J connectivity index is 2.49. The Hall–Kier alpha value is -1.40. The molecule has 0 unspecified atom stereocenters. The number of hydrogen-bond donors (Lipinski definition) is 0. The number of allylic oxidation sites excluding steroid dienone is 2. The molecule has 2 aromatic rings. The van der Waals surface area contributed by atoms with Gasteiger partial charge in [0, 0.05) is 15.1 Å². The first-order chi connectivity index (χ1) is 11.0. The molecule has 0 atom stereocenters. The van der Waals surface area contributed by atoms with E-state index in [2.05, 4.69) is 15.9 Å². The molecule has 23 heavy (non-hydrogen) atoms. The highest BCUT2D eigenvalue weighted by molar-refractivity contribution is 9.09. The van der Waals surface area contributed by atoms with Gasteiger partial charge >= 0.3 is 6.18 Å². The number of benzene rings is 2. The maximum absolute atomic E-state index is 13.6. The van der Waals surface area contributed by atoms with Crippen molar-refractivity contribution in [2.24, 2.45) is 0 Å². The molecular formula is C17H14BrF3OS. The molecule has 0 radical (unpaired) electrons. The second-order valence-corrected chi connectivity index (χ2v) is 6.30. The van der Waals surface area contributed by atoms with Crippen molar-refractivity contribution in [3.05, 3.63) is 65.1 Å². The Bertz CT molecular complexity index is 666. The number of alkyl halides is 4. The highest BCUT2D eigenvalue weighted by Gasteiger charge is 2.37. The molecule has 0 heterocycles. The van der Waals surface area contributed by atoms with Crippen LogP contribution >= 0.6 is 27.7 Å². The van der Waals surface area contributed by atoms with Crippen molar-refractivity contribution in [3.8, 4) is 5.75 Å². The monoisotopic (exact) mass is 402 g/mol. The summed E-state index contributed by atoms with van der Waals surface area (Å²) in [7, 11) is 1.48. The predicted molar refractivity (Wildman–Crippen MR) is 92.1 cm³/mol. The molecule has 6 heteroatoms. The van der Waals surface area contributed by atoms with Crippen molar-refractivity contribution in [2.45, 2.75) is 11.1 Å². The standard InChI is InChI=1S/C17H14BrF3OS/c1-22-13-9-7-12(8-10-13)16(17(19,20)21)15(11-18)23-14-5-3-2-4-6-14/h2-10H,11H2,1H3/b16-15+. The van der Waals surface area contributed by atoms with E-state index >= 15 is 0 Å². The summed E-state index contributed by atoms with van der Waals surface area (Å²) in [6.07, 6.45) is -4.44. The number of hydrogen-bond acceptors (Lipinski definition) is 2. The average molecular weight is 403 g/mol. The van der Waals surface area contributed by atoms with E-state index in [9.17, 15) is 13.2 Å². The molecule has 0 aliphatic carbocycles. The van der Waals surface area contributed by atoms with E-state index in [-0.39, 0.29) is 15.8 Å². The molecule has 2 rings (SSSR count). The largest absolute Gasteiger partial charge is 0.497 e. The zero-order valence-electron chi connectivity index (χ0n) is 12.2. The smallest absolute Gasteiger partial charge is 0.417 e. The zero-order chi connectivity index (χ0) is 16.9. The van der Waals surface area contributed by atoms with Crippen molar-refractivity contribution in [1.82, 2.24) is 0 Å². The molecule has 1 nitrogen and oxygen atoms in total. The number of methoxy groups -OCH3 is 1. The van der Waals surface area contributed by atoms with E-state index < -0.39 is 11.7 Å². The number of thioether (sulfide) groups is 1. The molecule has 0 aromatic heterocycles. The normalized spacial score (nSPS) is 12.7. The Morgan fingerprint density at radius 1 is 1.04 bits per heavy atom. The maximum Gasteiger partial charge on any atom is 0.417 e. The van der Waals surface area contributed by atoms with Crippen molar-refractivity contribution in [1.29, 1.82) is 0 Å². The minimum absolute atomic E-state index is 0.118. The minimum atomic E-state index is -4.44. The van der Waals surface area contributed by atoms with Crippen molar-refractivity contribution < 1.29 is 17.9 Å². The second-order valence-electron chi connectivity index (χ2n) is 4.57. The number of rotatable bonds is 5. The van der Waals surface area contributed by atoms with Crippen LogP contribution in [0.5, 0.6) is 5.75 Å². The lowest BCUT2D eigenvalue weighted by Crippen LogP contribution is -2.13. The summed E-state index contributed by atoms with van der Waals surface area (Å²) in [4.78, 5) is 0.978. The van der Waals surface area contributed by atoms with E-state index in [4.69, 9.17) is 4.74 Å². The quantitative estimate of drug-likeness (QED) is 0.437. The average Bonchev–Trinajstić information content (AvgIpc) is 2.54. The van der Waals surface area contributed by atoms with Gasteiger partial charge in [-0.2, -0.15) is 13.2 Å². The maximum atomic E-state index is 13.6. The molecule has 2 aromatic carbocycles. The number of halogens is 4. The summed E-state index contributed by atoms with van der Waals surface area (Å²) in [6.45, 7) is 0. The van der Waals surface area contributed by atoms with E-state index in [0.29, 0.717) is 5.75 Å². The zero-order valence-corrected chi connectivity index (χ0v) is 14.6. The summed E-state index contributed by atoms with van der Waals surface area (Å²) in [6, 6.07) is 14.9. The van der Waals surface area contributed by atoms with E-state index in [1.54, 1.807) is 24.3 Å². The Labute approximate surface area is 145 Å². The van der Waals surface area contributed by atoms with Crippen LogP contribution < -0.4 is 4.74 Å². The van der Waals surface area contributed by atoms with Crippen molar-refractivity contribution in [3.63, 3.8) is 0 Å². The van der Waals surface area contributed by atoms with Crippen LogP contribution in [0.2, 0.25) is 0 Å². The number of ether oxygens (including phenoxy) is 1. The second kappa shape index (κ2) is 7.93. The summed E-state index contributed by atoms with van der Waals surface area (Å²) >= 11 is 4.30. The summed E-state index contributed by atoms with van der Waals surface area (Å²) in [5, 5.41) is 0.118. The van der Waals surface area contributed by atoms with Gasteiger partial charge in [0.05, 0.1) is 12.7 Å². The fraction of sp³-hybridized carbons (Fsp3) is 0.176. The van der Waals surface area contributed by atoms with Gasteiger partial charge in [-0.05, 0) is 29.8 Å². The SMILES string of the molecule is COc1ccc(/C(=C(/CBr)Sc2ccccc2)C(F)(F)F)cc1. The van der Waals surface area contributed by atoms with Crippen LogP contribution in [-0.4, -0.2) is 18.6 Å². The third kappa shape index (κ3) is 4.78. The van der Waals surface area contributed by atoms with Crippen molar-refractivity contribution in [2.75, 3.05) is 12.4 Å². The van der Waals surface area contributed by atoms with Gasteiger partial charge < -0.3 is 4.74 Å². The molecule has 0 saturated carbocycles. The molecule has 0 saturated heterocycles. The lowest BCUT2D eigenvalue weighted by molar-refractivity contribution is -0.0691. The molecule has 0 spiro atoms. The van der Waals surface area contributed by atoms with Crippen LogP contribution in [0.25, 0.3) is 5.57 Å². The molecular weight excluding hydrogens is 389 g/mol. The summed E-state index contributed by atoms with van der Waals surface area (Å²) in [5.74, 6) is 0.520. The Morgan fingerprint density at radius 2 is 1.65 bits per heavy atom. The Morgan fingerprint density at radius 3 is 2.13 bits per heavy atom. The van der Waals surface area contributed by atoms with Gasteiger partial charge in [0.25, 0.3) is 0 Å². The third-order valence-electron chi connectivity index (χ3n) is 3.05. The van der Waals surface area contributed by atoms with E-state index in [0.717, 1.165) is 16.7 Å². The van der Waals surface area contributed by atoms with Crippen LogP contribution in [0.3, 0.4) is 0 Å². The molecule has 0 fully saturated rings. The van der Waals surface area contributed by atoms with E-state index in [1.807, 2.05) is 6.07 Å². The van der Waals surface area contributed by atoms with Crippen LogP contribution in [0.4, 0.5) is 13.2 Å². The lowest BCUT2D eigenvalue weighted by Gasteiger charge is -2.17. The summed E-state index contributed by atoms with van der Waals surface area (Å²) in [5.41, 5.74) is -0.512. The van der Waals surface area contributed by atoms with Gasteiger partial charge in [0.15, 0.2) is 0 Å². The van der Waals surface area contributed by atoms with Gasteiger partial charge in [-0.1, -0.05) is 58.0 Å². The van der Waals surface area contributed by atoms with Crippen LogP contribution in [-0.2, 0) is 0 Å². The summed E-state index contributed by atoms with van der Waals surface area (Å²) < 4.78 is 45.8. The third-order valence-corrected chi connectivity index (χ3v) is 5.08. The van der Waals surface area contributed by atoms with Crippen LogP contribution in [0.15, 0.2) is 64.4 Å². The first-order valence-electron chi connectivity index (χ1n) is 6.69. The fourth-order valence-corrected chi connectivity index (χ4v) is 3.61. The van der Waals surface area contributed by atoms with Crippen LogP contribution in [0.1, 0.15) is 5.56 Å². The topological polar surface area (TPSA) is 9.23 Å². The van der Waals surface area contributed by atoms with Gasteiger partial charge in [-0.25, -0.2) is 0 Å². The van der Waals surface area contributed by atoms with Crippen LogP contribution in [0, 0.1) is 0 Å². The van der Waals surface area contributed by atoms with Gasteiger partial charge in [-0.3, -0.25) is 0 Å². The van der Waals surface area contributed by atoms with Gasteiger partial charge in [-0.15, -0.1) is 0 Å². The molecule has 0 N–H and O–H groups in total. The highest BCUT2D eigenvalue weighted by Crippen LogP contribution is 2.43.